The number of piperidine rings is 1. The lowest BCUT2D eigenvalue weighted by Gasteiger charge is -2.41. The Balaban J connectivity index is 2.26. The van der Waals surface area contributed by atoms with Crippen LogP contribution in [0.15, 0.2) is 29.2 Å². The van der Waals surface area contributed by atoms with Crippen LogP contribution in [0.1, 0.15) is 19.8 Å². The third-order valence-corrected chi connectivity index (χ3v) is 7.62. The van der Waals surface area contributed by atoms with Gasteiger partial charge in [0.05, 0.1) is 16.3 Å². The Kier molecular flexibility index (Phi) is 5.22. The first-order chi connectivity index (χ1) is 9.98. The minimum Gasteiger partial charge on any atom is -0.370 e. The van der Waals surface area contributed by atoms with Crippen molar-refractivity contribution >= 4 is 27.3 Å². The molecule has 0 saturated carbocycles. The van der Waals surface area contributed by atoms with Crippen LogP contribution in [0.4, 0.5) is 5.69 Å². The number of benzene rings is 1. The number of rotatable bonds is 5. The van der Waals surface area contributed by atoms with Gasteiger partial charge in [-0.2, -0.15) is 11.8 Å². The summed E-state index contributed by atoms with van der Waals surface area (Å²) < 4.78 is 24.7. The van der Waals surface area contributed by atoms with E-state index in [0.717, 1.165) is 31.6 Å². The zero-order valence-electron chi connectivity index (χ0n) is 12.7. The fourth-order valence-corrected chi connectivity index (χ4v) is 4.65. The van der Waals surface area contributed by atoms with E-state index in [9.17, 15) is 8.42 Å². The Morgan fingerprint density at radius 2 is 1.90 bits per heavy atom. The number of nitrogens with zero attached hydrogens (tertiary/aromatic N) is 1. The van der Waals surface area contributed by atoms with Gasteiger partial charge in [0.25, 0.3) is 0 Å². The van der Waals surface area contributed by atoms with Gasteiger partial charge in [0.2, 0.25) is 0 Å². The quantitative estimate of drug-likeness (QED) is 0.897. The largest absolute Gasteiger partial charge is 0.370 e. The molecule has 2 rings (SSSR count). The molecule has 4 nitrogen and oxygen atoms in total. The fourth-order valence-electron chi connectivity index (χ4n) is 2.78. The van der Waals surface area contributed by atoms with Crippen molar-refractivity contribution in [1.82, 2.24) is 0 Å². The van der Waals surface area contributed by atoms with Crippen LogP contribution in [0.25, 0.3) is 0 Å². The topological polar surface area (TPSA) is 63.4 Å². The second-order valence-electron chi connectivity index (χ2n) is 5.45. The minimum atomic E-state index is -3.19. The Bertz CT molecular complexity index is 573. The van der Waals surface area contributed by atoms with Gasteiger partial charge in [-0.1, -0.05) is 19.1 Å². The molecule has 0 radical (unpaired) electrons. The molecule has 1 saturated heterocycles. The van der Waals surface area contributed by atoms with E-state index in [1.165, 1.54) is 0 Å². The number of anilines is 1. The highest BCUT2D eigenvalue weighted by Gasteiger charge is 2.33. The van der Waals surface area contributed by atoms with Crippen LogP contribution in [-0.2, 0) is 9.84 Å². The molecule has 1 aliphatic rings. The zero-order valence-corrected chi connectivity index (χ0v) is 14.3. The van der Waals surface area contributed by atoms with Gasteiger partial charge in [-0.3, -0.25) is 0 Å². The lowest BCUT2D eigenvalue weighted by atomic mass is 9.95. The number of sulfone groups is 1. The molecule has 0 unspecified atom stereocenters. The molecule has 1 heterocycles. The van der Waals surface area contributed by atoms with Gasteiger partial charge in [-0.15, -0.1) is 0 Å². The van der Waals surface area contributed by atoms with E-state index in [0.29, 0.717) is 11.4 Å². The van der Waals surface area contributed by atoms with E-state index in [-0.39, 0.29) is 10.5 Å². The van der Waals surface area contributed by atoms with Crippen LogP contribution in [0.2, 0.25) is 0 Å². The van der Waals surface area contributed by atoms with Gasteiger partial charge in [0.1, 0.15) is 0 Å². The second-order valence-corrected chi connectivity index (χ2v) is 8.97. The molecule has 21 heavy (non-hydrogen) atoms. The molecule has 0 amide bonds. The standard InChI is InChI=1S/C15H24N2O2S2/c1-3-21(18,19)14-7-5-4-6-13(14)17-10-8-15(12-16,20-2)9-11-17/h4-7H,3,8-12,16H2,1-2H3. The van der Waals surface area contributed by atoms with Crippen molar-refractivity contribution in [3.63, 3.8) is 0 Å². The maximum Gasteiger partial charge on any atom is 0.180 e. The van der Waals surface area contributed by atoms with Gasteiger partial charge < -0.3 is 10.6 Å². The highest BCUT2D eigenvalue weighted by Crippen LogP contribution is 2.36. The van der Waals surface area contributed by atoms with E-state index < -0.39 is 9.84 Å². The Labute approximate surface area is 132 Å². The van der Waals surface area contributed by atoms with Crippen molar-refractivity contribution in [3.05, 3.63) is 24.3 Å². The second kappa shape index (κ2) is 6.58. The van der Waals surface area contributed by atoms with Crippen LogP contribution in [0, 0.1) is 0 Å². The summed E-state index contributed by atoms with van der Waals surface area (Å²) in [5.74, 6) is 0.134. The number of hydrogen-bond donors (Lipinski definition) is 1. The van der Waals surface area contributed by atoms with E-state index in [4.69, 9.17) is 5.73 Å². The van der Waals surface area contributed by atoms with Crippen LogP contribution < -0.4 is 10.6 Å². The molecule has 1 fully saturated rings. The monoisotopic (exact) mass is 328 g/mol. The van der Waals surface area contributed by atoms with Crippen molar-refractivity contribution in [2.75, 3.05) is 36.5 Å². The molecule has 118 valence electrons. The van der Waals surface area contributed by atoms with E-state index >= 15 is 0 Å². The first-order valence-corrected chi connectivity index (χ1v) is 10.2. The SMILES string of the molecule is CCS(=O)(=O)c1ccccc1N1CCC(CN)(SC)CC1. The molecule has 2 N–H and O–H groups in total. The van der Waals surface area contributed by atoms with Gasteiger partial charge >= 0.3 is 0 Å². The predicted octanol–water partition coefficient (Wildman–Crippen LogP) is 2.14. The first-order valence-electron chi connectivity index (χ1n) is 7.30. The molecule has 1 aromatic carbocycles. The van der Waals surface area contributed by atoms with Gasteiger partial charge in [-0.05, 0) is 31.2 Å². The lowest BCUT2D eigenvalue weighted by molar-refractivity contribution is 0.455. The maximum absolute atomic E-state index is 12.3. The lowest BCUT2D eigenvalue weighted by Crippen LogP contribution is -2.46. The molecular weight excluding hydrogens is 304 g/mol. The first kappa shape index (κ1) is 16.6. The summed E-state index contributed by atoms with van der Waals surface area (Å²) in [6.07, 6.45) is 4.09. The van der Waals surface area contributed by atoms with E-state index in [2.05, 4.69) is 11.2 Å². The summed E-state index contributed by atoms with van der Waals surface area (Å²) in [4.78, 5) is 2.64. The Morgan fingerprint density at radius 3 is 2.43 bits per heavy atom. The number of nitrogens with two attached hydrogens (primary N) is 1. The highest BCUT2D eigenvalue weighted by atomic mass is 32.2. The molecule has 0 spiro atoms. The summed E-state index contributed by atoms with van der Waals surface area (Å²) in [6, 6.07) is 7.33. The highest BCUT2D eigenvalue weighted by molar-refractivity contribution is 8.00. The molecular formula is C15H24N2O2S2. The van der Waals surface area contributed by atoms with Gasteiger partial charge in [-0.25, -0.2) is 8.42 Å². The van der Waals surface area contributed by atoms with Crippen LogP contribution in [-0.4, -0.2) is 44.8 Å². The summed E-state index contributed by atoms with van der Waals surface area (Å²) in [6.45, 7) is 4.08. The fraction of sp³-hybridized carbons (Fsp3) is 0.600. The molecule has 0 aromatic heterocycles. The zero-order chi connectivity index (χ0) is 15.5. The predicted molar refractivity (Wildman–Crippen MR) is 90.9 cm³/mol. The van der Waals surface area contributed by atoms with Crippen molar-refractivity contribution < 1.29 is 8.42 Å². The van der Waals surface area contributed by atoms with Crippen LogP contribution >= 0.6 is 11.8 Å². The Morgan fingerprint density at radius 1 is 1.29 bits per heavy atom. The molecule has 0 atom stereocenters. The molecule has 0 bridgehead atoms. The van der Waals surface area contributed by atoms with Crippen LogP contribution in [0.5, 0.6) is 0 Å². The third kappa shape index (κ3) is 3.38. The number of thioether (sulfide) groups is 1. The van der Waals surface area contributed by atoms with Gasteiger partial charge in [0, 0.05) is 24.4 Å². The minimum absolute atomic E-state index is 0.134. The average Bonchev–Trinajstić information content (AvgIpc) is 2.55. The molecule has 6 heteroatoms. The molecule has 0 aliphatic carbocycles. The van der Waals surface area contributed by atoms with Crippen LogP contribution in [0.3, 0.4) is 0 Å². The average molecular weight is 329 g/mol. The summed E-state index contributed by atoms with van der Waals surface area (Å²) in [7, 11) is -3.19. The summed E-state index contributed by atoms with van der Waals surface area (Å²) >= 11 is 1.83. The summed E-state index contributed by atoms with van der Waals surface area (Å²) in [5, 5.41) is 0. The number of para-hydroxylation sites is 1. The molecule has 1 aromatic rings. The number of hydrogen-bond acceptors (Lipinski definition) is 5. The third-order valence-electron chi connectivity index (χ3n) is 4.40. The normalized spacial score (nSPS) is 18.7. The van der Waals surface area contributed by atoms with E-state index in [1.807, 2.05) is 23.9 Å². The van der Waals surface area contributed by atoms with Crippen molar-refractivity contribution in [3.8, 4) is 0 Å². The molecule has 1 aliphatic heterocycles. The Hall–Kier alpha value is -0.720. The van der Waals surface area contributed by atoms with Crippen molar-refractivity contribution in [1.29, 1.82) is 0 Å². The van der Waals surface area contributed by atoms with Crippen molar-refractivity contribution in [2.24, 2.45) is 5.73 Å². The maximum atomic E-state index is 12.3. The van der Waals surface area contributed by atoms with E-state index in [1.54, 1.807) is 19.1 Å². The smallest absolute Gasteiger partial charge is 0.180 e. The summed E-state index contributed by atoms with van der Waals surface area (Å²) in [5.41, 5.74) is 6.76. The van der Waals surface area contributed by atoms with Gasteiger partial charge in [0.15, 0.2) is 9.84 Å². The van der Waals surface area contributed by atoms with Crippen molar-refractivity contribution in [2.45, 2.75) is 29.4 Å².